The lowest BCUT2D eigenvalue weighted by Crippen LogP contribution is -2.54. The number of hydrogen-bond acceptors (Lipinski definition) is 3. The molecule has 1 aliphatic rings. The number of aliphatic hydroxyl groups is 1. The molecule has 1 unspecified atom stereocenters. The first-order valence-corrected chi connectivity index (χ1v) is 6.72. The van der Waals surface area contributed by atoms with Crippen molar-refractivity contribution in [2.45, 2.75) is 51.7 Å². The van der Waals surface area contributed by atoms with Crippen LogP contribution >= 0.6 is 0 Å². The highest BCUT2D eigenvalue weighted by Gasteiger charge is 2.32. The molecular formula is C13H24N2O4. The standard InChI is InChI=1S/C13H24N2O4/c1-9(2)7-10(11(16)17)14-12(18)15-6-4-5-13(3,19)8-15/h9-10,19H,4-8H2,1-3H3,(H,14,18)(H,16,17)/t10-,13?/m1/s1. The maximum atomic E-state index is 12.0. The zero-order chi connectivity index (χ0) is 14.6. The molecule has 0 aliphatic carbocycles. The van der Waals surface area contributed by atoms with Crippen LogP contribution in [-0.4, -0.2) is 51.8 Å². The Hall–Kier alpha value is -1.30. The van der Waals surface area contributed by atoms with Crippen LogP contribution in [0.2, 0.25) is 0 Å². The second-order valence-electron chi connectivity index (χ2n) is 5.99. The van der Waals surface area contributed by atoms with E-state index < -0.39 is 23.6 Å². The van der Waals surface area contributed by atoms with Gasteiger partial charge in [0.05, 0.1) is 12.1 Å². The molecule has 110 valence electrons. The van der Waals surface area contributed by atoms with Gasteiger partial charge in [0.25, 0.3) is 0 Å². The van der Waals surface area contributed by atoms with E-state index in [1.807, 2.05) is 13.8 Å². The summed E-state index contributed by atoms with van der Waals surface area (Å²) in [4.78, 5) is 24.6. The molecule has 2 atom stereocenters. The summed E-state index contributed by atoms with van der Waals surface area (Å²) in [6, 6.07) is -1.28. The summed E-state index contributed by atoms with van der Waals surface area (Å²) < 4.78 is 0. The highest BCUT2D eigenvalue weighted by atomic mass is 16.4. The number of hydrogen-bond donors (Lipinski definition) is 3. The van der Waals surface area contributed by atoms with Gasteiger partial charge in [0.2, 0.25) is 0 Å². The molecule has 6 nitrogen and oxygen atoms in total. The van der Waals surface area contributed by atoms with Gasteiger partial charge in [0.15, 0.2) is 0 Å². The minimum Gasteiger partial charge on any atom is -0.480 e. The monoisotopic (exact) mass is 272 g/mol. The van der Waals surface area contributed by atoms with Crippen LogP contribution in [0.15, 0.2) is 0 Å². The number of aliphatic carboxylic acids is 1. The fraction of sp³-hybridized carbons (Fsp3) is 0.846. The van der Waals surface area contributed by atoms with E-state index in [1.54, 1.807) is 6.92 Å². The van der Waals surface area contributed by atoms with Crippen LogP contribution in [0.25, 0.3) is 0 Å². The first kappa shape index (κ1) is 15.8. The number of nitrogens with zero attached hydrogens (tertiary/aromatic N) is 1. The van der Waals surface area contributed by atoms with Gasteiger partial charge in [-0.3, -0.25) is 0 Å². The average Bonchev–Trinajstić information content (AvgIpc) is 2.25. The van der Waals surface area contributed by atoms with Crippen molar-refractivity contribution in [2.75, 3.05) is 13.1 Å². The molecule has 1 rings (SSSR count). The number of likely N-dealkylation sites (tertiary alicyclic amines) is 1. The quantitative estimate of drug-likeness (QED) is 0.713. The number of rotatable bonds is 4. The molecule has 0 spiro atoms. The molecule has 6 heteroatoms. The summed E-state index contributed by atoms with van der Waals surface area (Å²) in [5.41, 5.74) is -0.883. The van der Waals surface area contributed by atoms with Crippen LogP contribution in [0.3, 0.4) is 0 Å². The summed E-state index contributed by atoms with van der Waals surface area (Å²) in [6.45, 7) is 6.31. The SMILES string of the molecule is CC(C)C[C@@H](NC(=O)N1CCCC(C)(O)C1)C(=O)O. The normalized spacial score (nSPS) is 25.2. The highest BCUT2D eigenvalue weighted by Crippen LogP contribution is 2.20. The molecule has 0 aromatic heterocycles. The maximum Gasteiger partial charge on any atom is 0.326 e. The molecular weight excluding hydrogens is 248 g/mol. The molecule has 1 saturated heterocycles. The molecule has 0 bridgehead atoms. The Labute approximate surface area is 113 Å². The predicted molar refractivity (Wildman–Crippen MR) is 70.8 cm³/mol. The van der Waals surface area contributed by atoms with Crippen molar-refractivity contribution in [3.05, 3.63) is 0 Å². The van der Waals surface area contributed by atoms with Crippen molar-refractivity contribution < 1.29 is 19.8 Å². The van der Waals surface area contributed by atoms with Crippen molar-refractivity contribution >= 4 is 12.0 Å². The second kappa shape index (κ2) is 6.23. The van der Waals surface area contributed by atoms with E-state index in [9.17, 15) is 14.7 Å². The highest BCUT2D eigenvalue weighted by molar-refractivity contribution is 5.82. The Morgan fingerprint density at radius 2 is 2.05 bits per heavy atom. The fourth-order valence-corrected chi connectivity index (χ4v) is 2.33. The molecule has 0 aromatic rings. The molecule has 1 heterocycles. The van der Waals surface area contributed by atoms with Gasteiger partial charge < -0.3 is 20.4 Å². The Bertz CT molecular complexity index is 342. The number of piperidine rings is 1. The third kappa shape index (κ3) is 5.06. The fourth-order valence-electron chi connectivity index (χ4n) is 2.33. The van der Waals surface area contributed by atoms with Gasteiger partial charge in [0, 0.05) is 6.54 Å². The van der Waals surface area contributed by atoms with Gasteiger partial charge in [-0.1, -0.05) is 13.8 Å². The number of carbonyl (C=O) groups is 2. The summed E-state index contributed by atoms with van der Waals surface area (Å²) in [7, 11) is 0. The predicted octanol–water partition coefficient (Wildman–Crippen LogP) is 1.04. The Kier molecular flexibility index (Phi) is 5.17. The zero-order valence-corrected chi connectivity index (χ0v) is 11.8. The third-order valence-electron chi connectivity index (χ3n) is 3.26. The molecule has 2 amide bonds. The number of urea groups is 1. The lowest BCUT2D eigenvalue weighted by atomic mass is 9.95. The number of carboxylic acids is 1. The molecule has 1 fully saturated rings. The summed E-state index contributed by atoms with van der Waals surface area (Å²) >= 11 is 0. The number of carbonyl (C=O) groups excluding carboxylic acids is 1. The van der Waals surface area contributed by atoms with E-state index in [-0.39, 0.29) is 12.5 Å². The van der Waals surface area contributed by atoms with E-state index in [0.717, 1.165) is 6.42 Å². The van der Waals surface area contributed by atoms with Crippen LogP contribution in [0.4, 0.5) is 4.79 Å². The van der Waals surface area contributed by atoms with Gasteiger partial charge in [-0.05, 0) is 32.1 Å². The molecule has 0 aromatic carbocycles. The molecule has 19 heavy (non-hydrogen) atoms. The van der Waals surface area contributed by atoms with Gasteiger partial charge >= 0.3 is 12.0 Å². The number of carboxylic acid groups (broad SMARTS) is 1. The van der Waals surface area contributed by atoms with Crippen molar-refractivity contribution in [1.82, 2.24) is 10.2 Å². The number of amides is 2. The first-order chi connectivity index (χ1) is 8.71. The molecule has 1 aliphatic heterocycles. The first-order valence-electron chi connectivity index (χ1n) is 6.72. The lowest BCUT2D eigenvalue weighted by Gasteiger charge is -2.37. The van der Waals surface area contributed by atoms with E-state index in [1.165, 1.54) is 4.90 Å². The maximum absolute atomic E-state index is 12.0. The lowest BCUT2D eigenvalue weighted by molar-refractivity contribution is -0.139. The molecule has 0 saturated carbocycles. The smallest absolute Gasteiger partial charge is 0.326 e. The Morgan fingerprint density at radius 3 is 2.53 bits per heavy atom. The Balaban J connectivity index is 2.59. The minimum absolute atomic E-state index is 0.186. The van der Waals surface area contributed by atoms with Gasteiger partial charge in [0.1, 0.15) is 6.04 Å². The van der Waals surface area contributed by atoms with Crippen LogP contribution in [-0.2, 0) is 4.79 Å². The van der Waals surface area contributed by atoms with Crippen molar-refractivity contribution in [1.29, 1.82) is 0 Å². The number of nitrogens with one attached hydrogen (secondary N) is 1. The van der Waals surface area contributed by atoms with E-state index in [4.69, 9.17) is 5.11 Å². The van der Waals surface area contributed by atoms with Crippen molar-refractivity contribution in [3.63, 3.8) is 0 Å². The van der Waals surface area contributed by atoms with Gasteiger partial charge in [-0.15, -0.1) is 0 Å². The summed E-state index contributed by atoms with van der Waals surface area (Å²) in [6.07, 6.45) is 1.78. The second-order valence-corrected chi connectivity index (χ2v) is 5.99. The number of β-amino-alcohol motifs (C(OH)–C–C–N with tert-alkyl or cyclic N) is 1. The minimum atomic E-state index is -1.02. The summed E-state index contributed by atoms with van der Waals surface area (Å²) in [5, 5.41) is 21.6. The summed E-state index contributed by atoms with van der Waals surface area (Å²) in [5.74, 6) is -0.836. The van der Waals surface area contributed by atoms with Crippen molar-refractivity contribution in [2.24, 2.45) is 5.92 Å². The van der Waals surface area contributed by atoms with Gasteiger partial charge in [-0.2, -0.15) is 0 Å². The zero-order valence-electron chi connectivity index (χ0n) is 11.8. The van der Waals surface area contributed by atoms with E-state index in [0.29, 0.717) is 19.4 Å². The topological polar surface area (TPSA) is 89.9 Å². The largest absolute Gasteiger partial charge is 0.480 e. The van der Waals surface area contributed by atoms with Crippen LogP contribution in [0, 0.1) is 5.92 Å². The van der Waals surface area contributed by atoms with E-state index in [2.05, 4.69) is 5.32 Å². The van der Waals surface area contributed by atoms with E-state index >= 15 is 0 Å². The van der Waals surface area contributed by atoms with Gasteiger partial charge in [-0.25, -0.2) is 9.59 Å². The third-order valence-corrected chi connectivity index (χ3v) is 3.26. The Morgan fingerprint density at radius 1 is 1.42 bits per heavy atom. The van der Waals surface area contributed by atoms with Crippen molar-refractivity contribution in [3.8, 4) is 0 Å². The average molecular weight is 272 g/mol. The molecule has 3 N–H and O–H groups in total. The van der Waals surface area contributed by atoms with Crippen LogP contribution in [0.1, 0.15) is 40.0 Å². The molecule has 0 radical (unpaired) electrons. The van der Waals surface area contributed by atoms with Crippen LogP contribution in [0.5, 0.6) is 0 Å². The van der Waals surface area contributed by atoms with Crippen LogP contribution < -0.4 is 5.32 Å².